The Kier molecular flexibility index (Phi) is 7.23. The lowest BCUT2D eigenvalue weighted by atomic mass is 10.1. The van der Waals surface area contributed by atoms with Crippen LogP contribution < -0.4 is 10.6 Å². The van der Waals surface area contributed by atoms with Gasteiger partial charge in [-0.1, -0.05) is 12.1 Å². The van der Waals surface area contributed by atoms with E-state index in [1.807, 2.05) is 0 Å². The summed E-state index contributed by atoms with van der Waals surface area (Å²) in [5.74, 6) is -0.104. The predicted octanol–water partition coefficient (Wildman–Crippen LogP) is 0.490. The Morgan fingerprint density at radius 2 is 1.95 bits per heavy atom. The van der Waals surface area contributed by atoms with Gasteiger partial charge in [0.15, 0.2) is 0 Å². The largest absolute Gasteiger partial charge is 0.383 e. The first kappa shape index (κ1) is 16.1. The van der Waals surface area contributed by atoms with E-state index in [1.165, 1.54) is 12.1 Å². The van der Waals surface area contributed by atoms with Crippen LogP contribution in [0.3, 0.4) is 0 Å². The average Bonchev–Trinajstić information content (AvgIpc) is 2.43. The van der Waals surface area contributed by atoms with Crippen molar-refractivity contribution in [1.29, 1.82) is 0 Å². The monoisotopic (exact) mass is 281 g/mol. The van der Waals surface area contributed by atoms with Crippen LogP contribution in [0.2, 0.25) is 0 Å². The van der Waals surface area contributed by atoms with Crippen LogP contribution in [0.5, 0.6) is 0 Å². The van der Waals surface area contributed by atoms with Gasteiger partial charge in [0.1, 0.15) is 0 Å². The highest BCUT2D eigenvalue weighted by molar-refractivity contribution is 5.78. The number of amides is 1. The van der Waals surface area contributed by atoms with Gasteiger partial charge in [-0.05, 0) is 5.56 Å². The molecular formula is C13H19N3O4. The molecule has 1 aromatic carbocycles. The number of carbonyl (C=O) groups excluding carboxylic acids is 1. The van der Waals surface area contributed by atoms with Gasteiger partial charge < -0.3 is 15.4 Å². The number of carbonyl (C=O) groups is 1. The molecule has 0 unspecified atom stereocenters. The lowest BCUT2D eigenvalue weighted by Crippen LogP contribution is -2.33. The topological polar surface area (TPSA) is 93.5 Å². The first-order valence-corrected chi connectivity index (χ1v) is 6.33. The van der Waals surface area contributed by atoms with Crippen molar-refractivity contribution in [3.05, 3.63) is 39.9 Å². The van der Waals surface area contributed by atoms with Crippen molar-refractivity contribution in [1.82, 2.24) is 10.6 Å². The molecule has 2 N–H and O–H groups in total. The van der Waals surface area contributed by atoms with E-state index in [9.17, 15) is 14.9 Å². The molecule has 0 aliphatic rings. The van der Waals surface area contributed by atoms with Gasteiger partial charge >= 0.3 is 0 Å². The minimum absolute atomic E-state index is 0.0245. The Morgan fingerprint density at radius 1 is 1.25 bits per heavy atom. The number of non-ortho nitro benzene ring substituents is 1. The van der Waals surface area contributed by atoms with Crippen LogP contribution in [0.4, 0.5) is 5.69 Å². The Hall–Kier alpha value is -1.99. The molecule has 1 amide bonds. The van der Waals surface area contributed by atoms with Crippen molar-refractivity contribution < 1.29 is 14.5 Å². The molecule has 0 aliphatic carbocycles. The zero-order valence-electron chi connectivity index (χ0n) is 11.4. The molecule has 0 spiro atoms. The van der Waals surface area contributed by atoms with Crippen LogP contribution >= 0.6 is 0 Å². The lowest BCUT2D eigenvalue weighted by molar-refractivity contribution is -0.384. The summed E-state index contributed by atoms with van der Waals surface area (Å²) in [6.07, 6.45) is 0.218. The predicted molar refractivity (Wildman–Crippen MR) is 74.6 cm³/mol. The third kappa shape index (κ3) is 6.26. The zero-order valence-corrected chi connectivity index (χ0v) is 11.4. The third-order valence-corrected chi connectivity index (χ3v) is 2.62. The van der Waals surface area contributed by atoms with Gasteiger partial charge in [-0.3, -0.25) is 14.9 Å². The number of nitro groups is 1. The zero-order chi connectivity index (χ0) is 14.8. The molecule has 7 nitrogen and oxygen atoms in total. The fourth-order valence-electron chi connectivity index (χ4n) is 1.57. The van der Waals surface area contributed by atoms with E-state index in [-0.39, 0.29) is 18.0 Å². The van der Waals surface area contributed by atoms with E-state index >= 15 is 0 Å². The second-order valence-electron chi connectivity index (χ2n) is 4.19. The average molecular weight is 281 g/mol. The number of methoxy groups -OCH3 is 1. The Bertz CT molecular complexity index is 434. The summed E-state index contributed by atoms with van der Waals surface area (Å²) in [5, 5.41) is 16.4. The number of ether oxygens (including phenoxy) is 1. The van der Waals surface area contributed by atoms with Gasteiger partial charge in [-0.2, -0.15) is 0 Å². The van der Waals surface area contributed by atoms with E-state index in [1.54, 1.807) is 19.2 Å². The molecule has 0 saturated heterocycles. The molecule has 0 heterocycles. The lowest BCUT2D eigenvalue weighted by Gasteiger charge is -2.06. The molecule has 1 rings (SSSR count). The summed E-state index contributed by atoms with van der Waals surface area (Å²) in [4.78, 5) is 21.7. The van der Waals surface area contributed by atoms with Gasteiger partial charge in [0, 0.05) is 38.9 Å². The second-order valence-corrected chi connectivity index (χ2v) is 4.19. The molecule has 0 aromatic heterocycles. The van der Waals surface area contributed by atoms with Gasteiger partial charge in [0.2, 0.25) is 5.91 Å². The quantitative estimate of drug-likeness (QED) is 0.390. The maximum Gasteiger partial charge on any atom is 0.269 e. The van der Waals surface area contributed by atoms with E-state index < -0.39 is 4.92 Å². The number of benzene rings is 1. The Balaban J connectivity index is 2.23. The normalized spacial score (nSPS) is 10.2. The summed E-state index contributed by atoms with van der Waals surface area (Å²) in [5.41, 5.74) is 0.775. The van der Waals surface area contributed by atoms with Gasteiger partial charge in [-0.25, -0.2) is 0 Å². The summed E-state index contributed by atoms with van der Waals surface area (Å²) in [6, 6.07) is 5.98. The number of hydrogen-bond donors (Lipinski definition) is 2. The van der Waals surface area contributed by atoms with Gasteiger partial charge in [-0.15, -0.1) is 0 Å². The fraction of sp³-hybridized carbons (Fsp3) is 0.462. The molecule has 0 fully saturated rings. The maximum atomic E-state index is 11.6. The van der Waals surface area contributed by atoms with Crippen LogP contribution in [0.15, 0.2) is 24.3 Å². The van der Waals surface area contributed by atoms with E-state index in [0.717, 1.165) is 12.1 Å². The molecular weight excluding hydrogens is 262 g/mol. The van der Waals surface area contributed by atoms with Crippen LogP contribution in [0, 0.1) is 10.1 Å². The first-order chi connectivity index (χ1) is 9.63. The van der Waals surface area contributed by atoms with Crippen LogP contribution in [0.25, 0.3) is 0 Å². The van der Waals surface area contributed by atoms with Gasteiger partial charge in [0.25, 0.3) is 5.69 Å². The molecule has 7 heteroatoms. The highest BCUT2D eigenvalue weighted by Crippen LogP contribution is 2.12. The van der Waals surface area contributed by atoms with Crippen molar-refractivity contribution in [2.75, 3.05) is 33.4 Å². The third-order valence-electron chi connectivity index (χ3n) is 2.62. The van der Waals surface area contributed by atoms with Crippen molar-refractivity contribution in [3.63, 3.8) is 0 Å². The number of nitro benzene ring substituents is 1. The number of nitrogens with zero attached hydrogens (tertiary/aromatic N) is 1. The van der Waals surface area contributed by atoms with Crippen molar-refractivity contribution >= 4 is 11.6 Å². The Morgan fingerprint density at radius 3 is 2.55 bits per heavy atom. The number of rotatable bonds is 9. The van der Waals surface area contributed by atoms with Crippen LogP contribution in [0.1, 0.15) is 5.56 Å². The molecule has 1 aromatic rings. The molecule has 0 aliphatic heterocycles. The molecule has 110 valence electrons. The molecule has 0 radical (unpaired) electrons. The van der Waals surface area contributed by atoms with Gasteiger partial charge in [0.05, 0.1) is 18.0 Å². The van der Waals surface area contributed by atoms with E-state index in [0.29, 0.717) is 19.7 Å². The molecule has 0 atom stereocenters. The summed E-state index contributed by atoms with van der Waals surface area (Å²) in [7, 11) is 1.63. The summed E-state index contributed by atoms with van der Waals surface area (Å²) >= 11 is 0. The SMILES string of the molecule is COCCNCCNC(=O)Cc1ccc([N+](=O)[O-])cc1. The van der Waals surface area contributed by atoms with E-state index in [4.69, 9.17) is 4.74 Å². The van der Waals surface area contributed by atoms with Crippen molar-refractivity contribution in [3.8, 4) is 0 Å². The highest BCUT2D eigenvalue weighted by atomic mass is 16.6. The maximum absolute atomic E-state index is 11.6. The highest BCUT2D eigenvalue weighted by Gasteiger charge is 2.06. The van der Waals surface area contributed by atoms with Crippen molar-refractivity contribution in [2.45, 2.75) is 6.42 Å². The molecule has 0 bridgehead atoms. The minimum atomic E-state index is -0.463. The summed E-state index contributed by atoms with van der Waals surface area (Å²) in [6.45, 7) is 2.59. The van der Waals surface area contributed by atoms with Crippen LogP contribution in [-0.2, 0) is 16.0 Å². The van der Waals surface area contributed by atoms with Crippen LogP contribution in [-0.4, -0.2) is 44.2 Å². The molecule has 0 saturated carbocycles. The molecule has 20 heavy (non-hydrogen) atoms. The fourth-order valence-corrected chi connectivity index (χ4v) is 1.57. The smallest absolute Gasteiger partial charge is 0.269 e. The number of hydrogen-bond acceptors (Lipinski definition) is 5. The van der Waals surface area contributed by atoms with E-state index in [2.05, 4.69) is 10.6 Å². The Labute approximate surface area is 117 Å². The number of nitrogens with one attached hydrogen (secondary N) is 2. The first-order valence-electron chi connectivity index (χ1n) is 6.33. The standard InChI is InChI=1S/C13H19N3O4/c1-20-9-8-14-6-7-15-13(17)10-11-2-4-12(5-3-11)16(18)19/h2-5,14H,6-10H2,1H3,(H,15,17). The summed E-state index contributed by atoms with van der Waals surface area (Å²) < 4.78 is 4.88. The minimum Gasteiger partial charge on any atom is -0.383 e. The second kappa shape index (κ2) is 9.00. The van der Waals surface area contributed by atoms with Crippen molar-refractivity contribution in [2.24, 2.45) is 0 Å².